The Morgan fingerprint density at radius 1 is 1.36 bits per heavy atom. The van der Waals surface area contributed by atoms with Crippen LogP contribution in [0.3, 0.4) is 0 Å². The Balaban J connectivity index is 1.64. The Labute approximate surface area is 146 Å². The fourth-order valence-electron chi connectivity index (χ4n) is 3.05. The molecule has 2 aromatic rings. The van der Waals surface area contributed by atoms with Crippen molar-refractivity contribution in [1.82, 2.24) is 35.0 Å². The van der Waals surface area contributed by atoms with Gasteiger partial charge in [0.25, 0.3) is 11.8 Å². The van der Waals surface area contributed by atoms with Gasteiger partial charge in [-0.2, -0.15) is 15.0 Å². The number of nitrogens with zero attached hydrogens (tertiary/aromatic N) is 6. The minimum Gasteiger partial charge on any atom is -0.347 e. The maximum Gasteiger partial charge on any atom is 0.276 e. The second kappa shape index (κ2) is 7.04. The van der Waals surface area contributed by atoms with Gasteiger partial charge in [-0.25, -0.2) is 0 Å². The molecule has 2 aromatic heterocycles. The lowest BCUT2D eigenvalue weighted by Gasteiger charge is -2.32. The van der Waals surface area contributed by atoms with E-state index in [-0.39, 0.29) is 17.9 Å². The Bertz CT molecular complexity index is 779. The van der Waals surface area contributed by atoms with Gasteiger partial charge in [0, 0.05) is 38.9 Å². The zero-order valence-corrected chi connectivity index (χ0v) is 14.8. The number of aromatic nitrogens is 5. The summed E-state index contributed by atoms with van der Waals surface area (Å²) in [5.74, 6) is -0.293. The topological polar surface area (TPSA) is 97.9 Å². The van der Waals surface area contributed by atoms with E-state index in [4.69, 9.17) is 0 Å². The molecule has 25 heavy (non-hydrogen) atoms. The summed E-state index contributed by atoms with van der Waals surface area (Å²) in [6, 6.07) is -0.0775. The second-order valence-corrected chi connectivity index (χ2v) is 6.27. The van der Waals surface area contributed by atoms with Gasteiger partial charge in [0.15, 0.2) is 5.69 Å². The van der Waals surface area contributed by atoms with E-state index in [0.29, 0.717) is 30.0 Å². The van der Waals surface area contributed by atoms with E-state index in [0.717, 1.165) is 19.4 Å². The van der Waals surface area contributed by atoms with E-state index in [2.05, 4.69) is 20.6 Å². The van der Waals surface area contributed by atoms with E-state index in [9.17, 15) is 9.59 Å². The zero-order chi connectivity index (χ0) is 18.0. The molecule has 0 unspecified atom stereocenters. The summed E-state index contributed by atoms with van der Waals surface area (Å²) >= 11 is 0. The van der Waals surface area contributed by atoms with Gasteiger partial charge in [-0.3, -0.25) is 14.3 Å². The van der Waals surface area contributed by atoms with Crippen molar-refractivity contribution < 1.29 is 9.59 Å². The van der Waals surface area contributed by atoms with Crippen molar-refractivity contribution in [2.45, 2.75) is 39.3 Å². The maximum absolute atomic E-state index is 12.5. The summed E-state index contributed by atoms with van der Waals surface area (Å²) in [6.07, 6.45) is 4.91. The minimum absolute atomic E-state index is 0.0775. The SMILES string of the molecule is CCn1cc(C(=O)N[C@H]2CCCN(C(=O)c3cnn(C)n3)C2)c(C)n1. The summed E-state index contributed by atoms with van der Waals surface area (Å²) in [4.78, 5) is 28.1. The molecule has 3 heterocycles. The van der Waals surface area contributed by atoms with Gasteiger partial charge >= 0.3 is 0 Å². The van der Waals surface area contributed by atoms with Gasteiger partial charge in [-0.1, -0.05) is 0 Å². The van der Waals surface area contributed by atoms with E-state index < -0.39 is 0 Å². The molecule has 134 valence electrons. The highest BCUT2D eigenvalue weighted by Gasteiger charge is 2.27. The van der Waals surface area contributed by atoms with E-state index in [1.807, 2.05) is 13.8 Å². The van der Waals surface area contributed by atoms with Gasteiger partial charge in [0.05, 0.1) is 17.5 Å². The number of hydrogen-bond acceptors (Lipinski definition) is 5. The molecular weight excluding hydrogens is 322 g/mol. The predicted molar refractivity (Wildman–Crippen MR) is 90.0 cm³/mol. The number of likely N-dealkylation sites (tertiary alicyclic amines) is 1. The van der Waals surface area contributed by atoms with Gasteiger partial charge in [-0.15, -0.1) is 5.10 Å². The van der Waals surface area contributed by atoms with Crippen LogP contribution in [0.1, 0.15) is 46.3 Å². The van der Waals surface area contributed by atoms with Crippen molar-refractivity contribution >= 4 is 11.8 Å². The van der Waals surface area contributed by atoms with Gasteiger partial charge in [-0.05, 0) is 26.7 Å². The lowest BCUT2D eigenvalue weighted by Crippen LogP contribution is -2.49. The number of piperidine rings is 1. The molecule has 1 fully saturated rings. The molecule has 2 amide bonds. The third-order valence-corrected chi connectivity index (χ3v) is 4.38. The molecule has 0 aliphatic carbocycles. The van der Waals surface area contributed by atoms with Crippen LogP contribution in [0.25, 0.3) is 0 Å². The Kier molecular flexibility index (Phi) is 4.82. The predicted octanol–water partition coefficient (Wildman–Crippen LogP) is 0.375. The lowest BCUT2D eigenvalue weighted by atomic mass is 10.0. The number of aryl methyl sites for hydroxylation is 3. The molecule has 1 atom stereocenters. The molecule has 1 saturated heterocycles. The Hall–Kier alpha value is -2.71. The van der Waals surface area contributed by atoms with Crippen molar-refractivity contribution in [3.8, 4) is 0 Å². The van der Waals surface area contributed by atoms with E-state index in [1.54, 1.807) is 22.8 Å². The van der Waals surface area contributed by atoms with Crippen molar-refractivity contribution in [2.24, 2.45) is 7.05 Å². The molecular formula is C16H23N7O2. The number of carbonyl (C=O) groups is 2. The third kappa shape index (κ3) is 3.70. The molecule has 0 saturated carbocycles. The Morgan fingerprint density at radius 2 is 2.16 bits per heavy atom. The number of amides is 2. The molecule has 9 nitrogen and oxygen atoms in total. The molecule has 1 aliphatic rings. The molecule has 1 aliphatic heterocycles. The van der Waals surface area contributed by atoms with Crippen molar-refractivity contribution in [3.63, 3.8) is 0 Å². The molecule has 0 aromatic carbocycles. The number of hydrogen-bond donors (Lipinski definition) is 1. The van der Waals surface area contributed by atoms with Crippen LogP contribution in [0.5, 0.6) is 0 Å². The summed E-state index contributed by atoms with van der Waals surface area (Å²) in [5.41, 5.74) is 1.62. The van der Waals surface area contributed by atoms with Crippen LogP contribution in [-0.4, -0.2) is 60.6 Å². The normalized spacial score (nSPS) is 17.6. The fourth-order valence-corrected chi connectivity index (χ4v) is 3.05. The van der Waals surface area contributed by atoms with Crippen LogP contribution in [-0.2, 0) is 13.6 Å². The van der Waals surface area contributed by atoms with Crippen molar-refractivity contribution in [3.05, 3.63) is 29.3 Å². The average Bonchev–Trinajstić information content (AvgIpc) is 3.20. The van der Waals surface area contributed by atoms with E-state index in [1.165, 1.54) is 11.0 Å². The molecule has 3 rings (SSSR count). The third-order valence-electron chi connectivity index (χ3n) is 4.38. The van der Waals surface area contributed by atoms with Crippen LogP contribution in [0, 0.1) is 6.92 Å². The van der Waals surface area contributed by atoms with Gasteiger partial charge in [0.1, 0.15) is 0 Å². The number of rotatable bonds is 4. The van der Waals surface area contributed by atoms with Crippen molar-refractivity contribution in [1.29, 1.82) is 0 Å². The highest BCUT2D eigenvalue weighted by Crippen LogP contribution is 2.14. The van der Waals surface area contributed by atoms with Crippen LogP contribution < -0.4 is 5.32 Å². The highest BCUT2D eigenvalue weighted by atomic mass is 16.2. The van der Waals surface area contributed by atoms with Crippen molar-refractivity contribution in [2.75, 3.05) is 13.1 Å². The Morgan fingerprint density at radius 3 is 2.80 bits per heavy atom. The minimum atomic E-state index is -0.151. The summed E-state index contributed by atoms with van der Waals surface area (Å²) in [5, 5.41) is 15.3. The lowest BCUT2D eigenvalue weighted by molar-refractivity contribution is 0.0669. The molecule has 0 radical (unpaired) electrons. The molecule has 0 spiro atoms. The standard InChI is InChI=1S/C16H23N7O2/c1-4-23-10-13(11(2)19-23)15(24)18-12-6-5-7-22(9-12)16(25)14-8-17-21(3)20-14/h8,10,12H,4-7,9H2,1-3H3,(H,18,24)/t12-/m0/s1. The molecule has 1 N–H and O–H groups in total. The zero-order valence-electron chi connectivity index (χ0n) is 14.8. The van der Waals surface area contributed by atoms with Crippen LogP contribution >= 0.6 is 0 Å². The first kappa shape index (κ1) is 17.1. The first-order chi connectivity index (χ1) is 12.0. The summed E-state index contributed by atoms with van der Waals surface area (Å²) < 4.78 is 1.75. The largest absolute Gasteiger partial charge is 0.347 e. The van der Waals surface area contributed by atoms with Gasteiger partial charge in [0.2, 0.25) is 0 Å². The van der Waals surface area contributed by atoms with Gasteiger partial charge < -0.3 is 10.2 Å². The number of carbonyl (C=O) groups excluding carboxylic acids is 2. The first-order valence-electron chi connectivity index (χ1n) is 8.48. The molecule has 9 heteroatoms. The fraction of sp³-hybridized carbons (Fsp3) is 0.562. The van der Waals surface area contributed by atoms with Crippen LogP contribution in [0.15, 0.2) is 12.4 Å². The monoisotopic (exact) mass is 345 g/mol. The second-order valence-electron chi connectivity index (χ2n) is 6.27. The average molecular weight is 345 g/mol. The maximum atomic E-state index is 12.5. The van der Waals surface area contributed by atoms with Crippen LogP contribution in [0.2, 0.25) is 0 Å². The molecule has 0 bridgehead atoms. The van der Waals surface area contributed by atoms with Crippen LogP contribution in [0.4, 0.5) is 0 Å². The summed E-state index contributed by atoms with van der Waals surface area (Å²) in [6.45, 7) is 5.66. The highest BCUT2D eigenvalue weighted by molar-refractivity contribution is 5.95. The quantitative estimate of drug-likeness (QED) is 0.863. The number of nitrogens with one attached hydrogen (secondary N) is 1. The first-order valence-corrected chi connectivity index (χ1v) is 8.48. The smallest absolute Gasteiger partial charge is 0.276 e. The van der Waals surface area contributed by atoms with E-state index >= 15 is 0 Å². The summed E-state index contributed by atoms with van der Waals surface area (Å²) in [7, 11) is 1.68.